The van der Waals surface area contributed by atoms with E-state index in [1.165, 1.54) is 29.5 Å². The van der Waals surface area contributed by atoms with Crippen LogP contribution >= 0.6 is 0 Å². The zero-order valence-corrected chi connectivity index (χ0v) is 9.48. The van der Waals surface area contributed by atoms with Gasteiger partial charge in [-0.15, -0.1) is 0 Å². The maximum absolute atomic E-state index is 4.10. The number of hydrogen-bond donors (Lipinski definition) is 0. The van der Waals surface area contributed by atoms with E-state index in [-0.39, 0.29) is 5.41 Å². The summed E-state index contributed by atoms with van der Waals surface area (Å²) in [7, 11) is 0. The van der Waals surface area contributed by atoms with Crippen molar-refractivity contribution in [3.8, 4) is 0 Å². The zero-order chi connectivity index (χ0) is 11.0. The fourth-order valence-electron chi connectivity index (χ4n) is 2.82. The summed E-state index contributed by atoms with van der Waals surface area (Å²) in [5, 5.41) is 0. The molecule has 1 aromatic heterocycles. The smallest absolute Gasteiger partial charge is 0.0270 e. The minimum absolute atomic E-state index is 0.180. The fourth-order valence-corrected chi connectivity index (χ4v) is 2.82. The summed E-state index contributed by atoms with van der Waals surface area (Å²) in [6, 6.07) is 13.1. The van der Waals surface area contributed by atoms with Crippen molar-refractivity contribution < 1.29 is 0 Å². The van der Waals surface area contributed by atoms with Crippen molar-refractivity contribution in [3.05, 3.63) is 65.5 Å². The van der Waals surface area contributed by atoms with Crippen LogP contribution in [-0.2, 0) is 11.8 Å². The van der Waals surface area contributed by atoms with Crippen molar-refractivity contribution in [1.29, 1.82) is 0 Å². The van der Waals surface area contributed by atoms with Gasteiger partial charge < -0.3 is 0 Å². The summed E-state index contributed by atoms with van der Waals surface area (Å²) >= 11 is 0. The van der Waals surface area contributed by atoms with Crippen LogP contribution in [0.5, 0.6) is 0 Å². The lowest BCUT2D eigenvalue weighted by molar-refractivity contribution is 0.565. The molecule has 1 aliphatic rings. The molecule has 0 N–H and O–H groups in total. The van der Waals surface area contributed by atoms with Crippen LogP contribution in [0.1, 0.15) is 30.0 Å². The number of pyridine rings is 1. The molecule has 1 heteroatoms. The molecule has 3 rings (SSSR count). The third-order valence-electron chi connectivity index (χ3n) is 3.82. The Morgan fingerprint density at radius 2 is 1.81 bits per heavy atom. The predicted octanol–water partition coefficient (Wildman–Crippen LogP) is 3.33. The average molecular weight is 209 g/mol. The molecule has 80 valence electrons. The Kier molecular flexibility index (Phi) is 2.06. The van der Waals surface area contributed by atoms with E-state index >= 15 is 0 Å². The van der Waals surface area contributed by atoms with Crippen molar-refractivity contribution >= 4 is 0 Å². The number of hydrogen-bond acceptors (Lipinski definition) is 1. The lowest BCUT2D eigenvalue weighted by atomic mass is 9.78. The maximum Gasteiger partial charge on any atom is 0.0270 e. The monoisotopic (exact) mass is 209 g/mol. The number of fused-ring (bicyclic) bond motifs is 1. The highest BCUT2D eigenvalue weighted by Gasteiger charge is 2.35. The molecule has 0 amide bonds. The van der Waals surface area contributed by atoms with Gasteiger partial charge in [-0.25, -0.2) is 0 Å². The van der Waals surface area contributed by atoms with Gasteiger partial charge in [-0.2, -0.15) is 0 Å². The van der Waals surface area contributed by atoms with E-state index < -0.39 is 0 Å². The molecule has 1 aromatic carbocycles. The first-order chi connectivity index (χ1) is 7.81. The molecule has 1 aliphatic carbocycles. The molecule has 16 heavy (non-hydrogen) atoms. The second kappa shape index (κ2) is 3.44. The topological polar surface area (TPSA) is 12.9 Å². The summed E-state index contributed by atoms with van der Waals surface area (Å²) in [4.78, 5) is 4.10. The Bertz CT molecular complexity index is 504. The molecule has 1 atom stereocenters. The summed E-state index contributed by atoms with van der Waals surface area (Å²) < 4.78 is 0. The van der Waals surface area contributed by atoms with Crippen LogP contribution in [0.3, 0.4) is 0 Å². The summed E-state index contributed by atoms with van der Waals surface area (Å²) in [6.45, 7) is 2.34. The standard InChI is InChI=1S/C15H15N/c1-15(13-7-10-16-11-8-13)9-6-12-4-2-3-5-14(12)15/h2-5,7-8,10-11H,6,9H2,1H3/t15-/m0/s1. The largest absolute Gasteiger partial charge is 0.265 e. The first-order valence-electron chi connectivity index (χ1n) is 5.79. The molecule has 0 radical (unpaired) electrons. The third kappa shape index (κ3) is 1.28. The molecule has 0 spiro atoms. The van der Waals surface area contributed by atoms with Crippen LogP contribution in [0.15, 0.2) is 48.8 Å². The highest BCUT2D eigenvalue weighted by Crippen LogP contribution is 2.43. The zero-order valence-electron chi connectivity index (χ0n) is 9.48. The third-order valence-corrected chi connectivity index (χ3v) is 3.82. The summed E-state index contributed by atoms with van der Waals surface area (Å²) in [6.07, 6.45) is 6.17. The van der Waals surface area contributed by atoms with E-state index in [2.05, 4.69) is 48.3 Å². The molecule has 2 aromatic rings. The normalized spacial score (nSPS) is 23.1. The van der Waals surface area contributed by atoms with Crippen LogP contribution in [-0.4, -0.2) is 4.98 Å². The minimum Gasteiger partial charge on any atom is -0.265 e. The molecule has 0 fully saturated rings. The molecular weight excluding hydrogens is 194 g/mol. The first-order valence-corrected chi connectivity index (χ1v) is 5.79. The molecule has 0 saturated carbocycles. The van der Waals surface area contributed by atoms with E-state index in [4.69, 9.17) is 0 Å². The second-order valence-electron chi connectivity index (χ2n) is 4.73. The maximum atomic E-state index is 4.10. The molecule has 0 unspecified atom stereocenters. The molecule has 0 saturated heterocycles. The van der Waals surface area contributed by atoms with Gasteiger partial charge in [0.25, 0.3) is 0 Å². The number of benzene rings is 1. The SMILES string of the molecule is C[C@@]1(c2ccncc2)CCc2ccccc21. The van der Waals surface area contributed by atoms with Gasteiger partial charge in [0.2, 0.25) is 0 Å². The number of rotatable bonds is 1. The summed E-state index contributed by atoms with van der Waals surface area (Å²) in [5.41, 5.74) is 4.55. The molecule has 0 bridgehead atoms. The van der Waals surface area contributed by atoms with E-state index in [9.17, 15) is 0 Å². The number of aryl methyl sites for hydroxylation is 1. The van der Waals surface area contributed by atoms with Gasteiger partial charge in [-0.05, 0) is 41.7 Å². The Balaban J connectivity index is 2.15. The lowest BCUT2D eigenvalue weighted by Gasteiger charge is -2.25. The quantitative estimate of drug-likeness (QED) is 0.702. The van der Waals surface area contributed by atoms with Crippen molar-refractivity contribution in [1.82, 2.24) is 4.98 Å². The highest BCUT2D eigenvalue weighted by molar-refractivity contribution is 5.46. The lowest BCUT2D eigenvalue weighted by Crippen LogP contribution is -2.19. The van der Waals surface area contributed by atoms with Crippen molar-refractivity contribution in [2.24, 2.45) is 0 Å². The Labute approximate surface area is 96.2 Å². The van der Waals surface area contributed by atoms with E-state index in [0.717, 1.165) is 0 Å². The van der Waals surface area contributed by atoms with E-state index in [0.29, 0.717) is 0 Å². The van der Waals surface area contributed by atoms with E-state index in [1.54, 1.807) is 0 Å². The molecule has 1 nitrogen and oxygen atoms in total. The van der Waals surface area contributed by atoms with Crippen molar-refractivity contribution in [3.63, 3.8) is 0 Å². The number of aromatic nitrogens is 1. The first kappa shape index (κ1) is 9.59. The van der Waals surface area contributed by atoms with Gasteiger partial charge in [0, 0.05) is 17.8 Å². The Hall–Kier alpha value is -1.63. The van der Waals surface area contributed by atoms with Crippen molar-refractivity contribution in [2.45, 2.75) is 25.2 Å². The van der Waals surface area contributed by atoms with E-state index in [1.807, 2.05) is 12.4 Å². The fraction of sp³-hybridized carbons (Fsp3) is 0.267. The van der Waals surface area contributed by atoms with Gasteiger partial charge >= 0.3 is 0 Å². The molecule has 0 aliphatic heterocycles. The van der Waals surface area contributed by atoms with Gasteiger partial charge in [-0.1, -0.05) is 31.2 Å². The van der Waals surface area contributed by atoms with Crippen LogP contribution in [0.25, 0.3) is 0 Å². The van der Waals surface area contributed by atoms with Gasteiger partial charge in [0.1, 0.15) is 0 Å². The van der Waals surface area contributed by atoms with Crippen LogP contribution < -0.4 is 0 Å². The Morgan fingerprint density at radius 1 is 1.06 bits per heavy atom. The average Bonchev–Trinajstić information content (AvgIpc) is 2.71. The second-order valence-corrected chi connectivity index (χ2v) is 4.73. The van der Waals surface area contributed by atoms with Gasteiger partial charge in [0.05, 0.1) is 0 Å². The van der Waals surface area contributed by atoms with Crippen LogP contribution in [0, 0.1) is 0 Å². The van der Waals surface area contributed by atoms with Crippen molar-refractivity contribution in [2.75, 3.05) is 0 Å². The minimum atomic E-state index is 0.180. The Morgan fingerprint density at radius 3 is 2.62 bits per heavy atom. The molecule has 1 heterocycles. The molecular formula is C15H15N. The predicted molar refractivity (Wildman–Crippen MR) is 65.5 cm³/mol. The van der Waals surface area contributed by atoms with Gasteiger partial charge in [0.15, 0.2) is 0 Å². The van der Waals surface area contributed by atoms with Crippen LogP contribution in [0.4, 0.5) is 0 Å². The van der Waals surface area contributed by atoms with Crippen LogP contribution in [0.2, 0.25) is 0 Å². The van der Waals surface area contributed by atoms with Gasteiger partial charge in [-0.3, -0.25) is 4.98 Å². The number of nitrogens with zero attached hydrogens (tertiary/aromatic N) is 1. The highest BCUT2D eigenvalue weighted by atomic mass is 14.6. The summed E-state index contributed by atoms with van der Waals surface area (Å²) in [5.74, 6) is 0.